The van der Waals surface area contributed by atoms with Crippen LogP contribution in [0.25, 0.3) is 10.9 Å². The molecule has 2 heterocycles. The van der Waals surface area contributed by atoms with Crippen molar-refractivity contribution in [3.05, 3.63) is 54.7 Å². The number of piperidine rings is 1. The van der Waals surface area contributed by atoms with E-state index in [-0.39, 0.29) is 17.3 Å². The molecule has 3 aromatic rings. The molecular weight excluding hydrogens is 390 g/mol. The smallest absolute Gasteiger partial charge is 0.243 e. The molecule has 1 amide bonds. The van der Waals surface area contributed by atoms with Gasteiger partial charge in [0.2, 0.25) is 15.9 Å². The Bertz CT molecular complexity index is 1120. The minimum absolute atomic E-state index is 0.158. The molecule has 1 aliphatic rings. The molecule has 0 saturated carbocycles. The fourth-order valence-electron chi connectivity index (χ4n) is 3.65. The summed E-state index contributed by atoms with van der Waals surface area (Å²) in [7, 11) is -2.12. The van der Waals surface area contributed by atoms with Gasteiger partial charge in [-0.2, -0.15) is 4.31 Å². The van der Waals surface area contributed by atoms with Crippen LogP contribution in [0.5, 0.6) is 5.75 Å². The van der Waals surface area contributed by atoms with Crippen LogP contribution in [-0.2, 0) is 14.8 Å². The Morgan fingerprint density at radius 1 is 1.17 bits per heavy atom. The molecule has 2 N–H and O–H groups in total. The third-order valence-corrected chi connectivity index (χ3v) is 7.15. The second-order valence-electron chi connectivity index (χ2n) is 7.15. The predicted molar refractivity (Wildman–Crippen MR) is 111 cm³/mol. The van der Waals surface area contributed by atoms with Gasteiger partial charge < -0.3 is 15.0 Å². The van der Waals surface area contributed by atoms with E-state index >= 15 is 0 Å². The Hall–Kier alpha value is -2.84. The van der Waals surface area contributed by atoms with E-state index in [2.05, 4.69) is 10.3 Å². The number of nitrogens with one attached hydrogen (secondary N) is 2. The van der Waals surface area contributed by atoms with Crippen molar-refractivity contribution in [3.8, 4) is 5.75 Å². The Morgan fingerprint density at radius 2 is 1.97 bits per heavy atom. The predicted octanol–water partition coefficient (Wildman–Crippen LogP) is 3.22. The van der Waals surface area contributed by atoms with Crippen LogP contribution in [0.4, 0.5) is 5.69 Å². The largest absolute Gasteiger partial charge is 0.497 e. The fraction of sp³-hybridized carbons (Fsp3) is 0.286. The Balaban J connectivity index is 1.47. The number of H-pyrrole nitrogens is 1. The zero-order valence-corrected chi connectivity index (χ0v) is 16.9. The molecule has 2 aromatic carbocycles. The number of fused-ring (bicyclic) bond motifs is 1. The minimum Gasteiger partial charge on any atom is -0.497 e. The Morgan fingerprint density at radius 3 is 2.72 bits per heavy atom. The average Bonchev–Trinajstić information content (AvgIpc) is 3.22. The first-order valence-corrected chi connectivity index (χ1v) is 10.9. The maximum absolute atomic E-state index is 13.0. The van der Waals surface area contributed by atoms with Crippen LogP contribution in [-0.4, -0.2) is 43.8 Å². The highest BCUT2D eigenvalue weighted by Gasteiger charge is 2.33. The molecule has 8 heteroatoms. The summed E-state index contributed by atoms with van der Waals surface area (Å²) in [6.07, 6.45) is 3.15. The van der Waals surface area contributed by atoms with Crippen molar-refractivity contribution < 1.29 is 17.9 Å². The van der Waals surface area contributed by atoms with E-state index < -0.39 is 15.9 Å². The zero-order valence-electron chi connectivity index (χ0n) is 16.1. The molecule has 7 nitrogen and oxygen atoms in total. The molecule has 0 bridgehead atoms. The first kappa shape index (κ1) is 19.5. The normalized spacial score (nSPS) is 17.9. The number of hydrogen-bond donors (Lipinski definition) is 2. The number of carbonyl (C=O) groups excluding carboxylic acids is 1. The van der Waals surface area contributed by atoms with E-state index in [9.17, 15) is 13.2 Å². The number of aromatic nitrogens is 1. The number of rotatable bonds is 5. The molecule has 1 fully saturated rings. The lowest BCUT2D eigenvalue weighted by Gasteiger charge is -2.31. The average molecular weight is 413 g/mol. The second kappa shape index (κ2) is 7.88. The number of anilines is 1. The topological polar surface area (TPSA) is 91.5 Å². The number of carbonyl (C=O) groups is 1. The molecule has 1 atom stereocenters. The van der Waals surface area contributed by atoms with Crippen LogP contribution in [0, 0.1) is 5.92 Å². The van der Waals surface area contributed by atoms with Gasteiger partial charge in [0.25, 0.3) is 0 Å². The number of aromatic amines is 1. The molecule has 0 radical (unpaired) electrons. The van der Waals surface area contributed by atoms with Gasteiger partial charge in [-0.1, -0.05) is 0 Å². The van der Waals surface area contributed by atoms with Crippen molar-refractivity contribution in [3.63, 3.8) is 0 Å². The zero-order chi connectivity index (χ0) is 20.4. The summed E-state index contributed by atoms with van der Waals surface area (Å²) < 4.78 is 32.5. The van der Waals surface area contributed by atoms with Gasteiger partial charge in [0.05, 0.1) is 17.9 Å². The number of sulfonamides is 1. The molecule has 1 unspecified atom stereocenters. The van der Waals surface area contributed by atoms with Crippen LogP contribution in [0.15, 0.2) is 59.6 Å². The van der Waals surface area contributed by atoms with E-state index in [0.29, 0.717) is 30.8 Å². The number of nitrogens with zero attached hydrogens (tertiary/aromatic N) is 1. The van der Waals surface area contributed by atoms with Gasteiger partial charge >= 0.3 is 0 Å². The van der Waals surface area contributed by atoms with Crippen molar-refractivity contribution in [1.29, 1.82) is 0 Å². The van der Waals surface area contributed by atoms with Gasteiger partial charge in [-0.05, 0) is 61.4 Å². The third-order valence-electron chi connectivity index (χ3n) is 5.27. The first-order chi connectivity index (χ1) is 14.0. The Labute approximate surface area is 169 Å². The number of ether oxygens (including phenoxy) is 1. The van der Waals surface area contributed by atoms with Crippen molar-refractivity contribution >= 4 is 32.5 Å². The molecule has 1 saturated heterocycles. The number of amides is 1. The lowest BCUT2D eigenvalue weighted by Crippen LogP contribution is -2.43. The quantitative estimate of drug-likeness (QED) is 0.672. The maximum atomic E-state index is 13.0. The van der Waals surface area contributed by atoms with Crippen LogP contribution < -0.4 is 10.1 Å². The van der Waals surface area contributed by atoms with Crippen molar-refractivity contribution in [1.82, 2.24) is 9.29 Å². The van der Waals surface area contributed by atoms with Crippen LogP contribution in [0.2, 0.25) is 0 Å². The highest BCUT2D eigenvalue weighted by molar-refractivity contribution is 7.89. The maximum Gasteiger partial charge on any atom is 0.243 e. The molecule has 0 spiro atoms. The van der Waals surface area contributed by atoms with E-state index in [4.69, 9.17) is 4.74 Å². The minimum atomic E-state index is -3.65. The van der Waals surface area contributed by atoms with Gasteiger partial charge in [0.15, 0.2) is 0 Å². The summed E-state index contributed by atoms with van der Waals surface area (Å²) in [6, 6.07) is 13.9. The lowest BCUT2D eigenvalue weighted by molar-refractivity contribution is -0.120. The third kappa shape index (κ3) is 3.99. The van der Waals surface area contributed by atoms with Crippen molar-refractivity contribution in [2.24, 2.45) is 5.92 Å². The van der Waals surface area contributed by atoms with E-state index in [1.165, 1.54) is 23.5 Å². The summed E-state index contributed by atoms with van der Waals surface area (Å²) in [6.45, 7) is 0.583. The number of hydrogen-bond acceptors (Lipinski definition) is 4. The molecule has 4 rings (SSSR count). The van der Waals surface area contributed by atoms with Gasteiger partial charge in [0.1, 0.15) is 5.75 Å². The highest BCUT2D eigenvalue weighted by atomic mass is 32.2. The molecule has 1 aromatic heterocycles. The van der Waals surface area contributed by atoms with Crippen LogP contribution in [0.3, 0.4) is 0 Å². The summed E-state index contributed by atoms with van der Waals surface area (Å²) in [5.74, 6) is 0.0486. The van der Waals surface area contributed by atoms with Crippen LogP contribution >= 0.6 is 0 Å². The van der Waals surface area contributed by atoms with Gasteiger partial charge in [-0.25, -0.2) is 8.42 Å². The molecule has 29 heavy (non-hydrogen) atoms. The van der Waals surface area contributed by atoms with Crippen LogP contribution in [0.1, 0.15) is 12.8 Å². The summed E-state index contributed by atoms with van der Waals surface area (Å²) in [5.41, 5.74) is 1.70. The monoisotopic (exact) mass is 413 g/mol. The highest BCUT2D eigenvalue weighted by Crippen LogP contribution is 2.26. The van der Waals surface area contributed by atoms with Gasteiger partial charge in [-0.15, -0.1) is 0 Å². The van der Waals surface area contributed by atoms with Gasteiger partial charge in [0, 0.05) is 35.9 Å². The molecule has 152 valence electrons. The summed E-state index contributed by atoms with van der Waals surface area (Å²) in [5, 5.41) is 3.94. The summed E-state index contributed by atoms with van der Waals surface area (Å²) in [4.78, 5) is 16.1. The molecule has 1 aliphatic heterocycles. The van der Waals surface area contributed by atoms with Crippen molar-refractivity contribution in [2.75, 3.05) is 25.5 Å². The standard InChI is InChI=1S/C21H23N3O4S/c1-28-18-5-7-19(8-6-18)29(26,27)24-12-2-3-16(14-24)21(25)23-17-4-9-20-15(13-17)10-11-22-20/h4-11,13,16,22H,2-3,12,14H2,1H3,(H,23,25). The van der Waals surface area contributed by atoms with E-state index in [0.717, 1.165) is 10.9 Å². The Kier molecular flexibility index (Phi) is 5.29. The fourth-order valence-corrected chi connectivity index (χ4v) is 5.17. The molecular formula is C21H23N3O4S. The summed E-state index contributed by atoms with van der Waals surface area (Å²) >= 11 is 0. The SMILES string of the molecule is COc1ccc(S(=O)(=O)N2CCCC(C(=O)Nc3ccc4[nH]ccc4c3)C2)cc1. The molecule has 0 aliphatic carbocycles. The first-order valence-electron chi connectivity index (χ1n) is 9.49. The van der Waals surface area contributed by atoms with E-state index in [1.807, 2.05) is 30.5 Å². The van der Waals surface area contributed by atoms with Crippen molar-refractivity contribution in [2.45, 2.75) is 17.7 Å². The van der Waals surface area contributed by atoms with Gasteiger partial charge in [-0.3, -0.25) is 4.79 Å². The number of methoxy groups -OCH3 is 1. The lowest BCUT2D eigenvalue weighted by atomic mass is 9.98. The number of benzene rings is 2. The van der Waals surface area contributed by atoms with E-state index in [1.54, 1.807) is 12.1 Å². The second-order valence-corrected chi connectivity index (χ2v) is 9.08.